The van der Waals surface area contributed by atoms with Gasteiger partial charge in [0.05, 0.1) is 7.11 Å². The molecule has 0 aliphatic carbocycles. The Kier molecular flexibility index (Phi) is 4.38. The third kappa shape index (κ3) is 3.44. The molecule has 0 unspecified atom stereocenters. The summed E-state index contributed by atoms with van der Waals surface area (Å²) in [6.07, 6.45) is 1.64. The Hall–Kier alpha value is -1.80. The number of carbonyl (C=O) groups is 1. The van der Waals surface area contributed by atoms with Gasteiger partial charge < -0.3 is 4.74 Å². The standard InChI is InChI=1S/C10H8N2O2S/c1-14-10(13)8(6-11)7-15-9-4-2-3-5-12-9/h2-5,7H,1H3/b8-7-. The van der Waals surface area contributed by atoms with E-state index < -0.39 is 5.97 Å². The minimum atomic E-state index is -0.638. The van der Waals surface area contributed by atoms with E-state index in [9.17, 15) is 4.79 Å². The highest BCUT2D eigenvalue weighted by Crippen LogP contribution is 2.17. The lowest BCUT2D eigenvalue weighted by molar-refractivity contribution is -0.135. The fourth-order valence-electron chi connectivity index (χ4n) is 0.766. The molecule has 1 rings (SSSR count). The quantitative estimate of drug-likeness (QED) is 0.336. The molecule has 0 amide bonds. The molecule has 0 atom stereocenters. The molecular formula is C10H8N2O2S. The van der Waals surface area contributed by atoms with Crippen molar-refractivity contribution in [2.45, 2.75) is 5.03 Å². The Morgan fingerprint density at radius 1 is 1.67 bits per heavy atom. The molecule has 0 saturated carbocycles. The zero-order valence-electron chi connectivity index (χ0n) is 8.01. The average Bonchev–Trinajstić information content (AvgIpc) is 2.31. The first kappa shape index (κ1) is 11.3. The van der Waals surface area contributed by atoms with Gasteiger partial charge in [0.2, 0.25) is 0 Å². The number of aromatic nitrogens is 1. The van der Waals surface area contributed by atoms with Gasteiger partial charge in [-0.15, -0.1) is 0 Å². The van der Waals surface area contributed by atoms with Crippen LogP contribution in [0.25, 0.3) is 0 Å². The first-order valence-electron chi connectivity index (χ1n) is 4.04. The van der Waals surface area contributed by atoms with Gasteiger partial charge in [0.1, 0.15) is 16.7 Å². The van der Waals surface area contributed by atoms with Gasteiger partial charge in [0, 0.05) is 11.6 Å². The van der Waals surface area contributed by atoms with E-state index in [1.54, 1.807) is 24.4 Å². The SMILES string of the molecule is COC(=O)/C(C#N)=C\Sc1ccccn1. The Bertz CT molecular complexity index is 409. The van der Waals surface area contributed by atoms with Crippen molar-refractivity contribution in [3.63, 3.8) is 0 Å². The largest absolute Gasteiger partial charge is 0.465 e. The van der Waals surface area contributed by atoms with Crippen LogP contribution >= 0.6 is 11.8 Å². The molecule has 0 fully saturated rings. The van der Waals surface area contributed by atoms with Crippen molar-refractivity contribution in [3.05, 3.63) is 35.4 Å². The lowest BCUT2D eigenvalue weighted by Crippen LogP contribution is -2.02. The summed E-state index contributed by atoms with van der Waals surface area (Å²) < 4.78 is 4.43. The number of nitriles is 1. The summed E-state index contributed by atoms with van der Waals surface area (Å²) in [6, 6.07) is 7.16. The van der Waals surface area contributed by atoms with E-state index in [0.29, 0.717) is 5.03 Å². The van der Waals surface area contributed by atoms with Gasteiger partial charge in [-0.1, -0.05) is 17.8 Å². The topological polar surface area (TPSA) is 63.0 Å². The highest BCUT2D eigenvalue weighted by atomic mass is 32.2. The summed E-state index contributed by atoms with van der Waals surface area (Å²) in [4.78, 5) is 15.0. The number of hydrogen-bond donors (Lipinski definition) is 0. The van der Waals surface area contributed by atoms with Gasteiger partial charge >= 0.3 is 5.97 Å². The van der Waals surface area contributed by atoms with Crippen LogP contribution in [0.3, 0.4) is 0 Å². The summed E-state index contributed by atoms with van der Waals surface area (Å²) in [5.41, 5.74) is -0.0341. The maximum absolute atomic E-state index is 11.0. The van der Waals surface area contributed by atoms with Gasteiger partial charge in [-0.25, -0.2) is 9.78 Å². The number of nitrogens with zero attached hydrogens (tertiary/aromatic N) is 2. The van der Waals surface area contributed by atoms with Crippen molar-refractivity contribution >= 4 is 17.7 Å². The lowest BCUT2D eigenvalue weighted by atomic mass is 10.3. The van der Waals surface area contributed by atoms with Crippen LogP contribution in [0, 0.1) is 11.3 Å². The zero-order valence-corrected chi connectivity index (χ0v) is 8.82. The number of carbonyl (C=O) groups excluding carboxylic acids is 1. The van der Waals surface area contributed by atoms with E-state index >= 15 is 0 Å². The number of methoxy groups -OCH3 is 1. The van der Waals surface area contributed by atoms with Crippen LogP contribution in [-0.4, -0.2) is 18.1 Å². The molecule has 0 aliphatic heterocycles. The van der Waals surface area contributed by atoms with Crippen LogP contribution in [-0.2, 0) is 9.53 Å². The predicted octanol–water partition coefficient (Wildman–Crippen LogP) is 1.75. The number of pyridine rings is 1. The Morgan fingerprint density at radius 3 is 3.00 bits per heavy atom. The molecule has 1 aromatic rings. The molecule has 1 aromatic heterocycles. The highest BCUT2D eigenvalue weighted by Gasteiger charge is 2.07. The second-order valence-electron chi connectivity index (χ2n) is 2.42. The molecule has 5 heteroatoms. The predicted molar refractivity (Wildman–Crippen MR) is 55.8 cm³/mol. The number of ether oxygens (including phenoxy) is 1. The van der Waals surface area contributed by atoms with Crippen molar-refractivity contribution in [2.75, 3.05) is 7.11 Å². The molecule has 0 saturated heterocycles. The van der Waals surface area contributed by atoms with E-state index in [1.165, 1.54) is 24.3 Å². The maximum atomic E-state index is 11.0. The molecule has 0 aromatic carbocycles. The van der Waals surface area contributed by atoms with Crippen LogP contribution < -0.4 is 0 Å². The minimum absolute atomic E-state index is 0.0341. The van der Waals surface area contributed by atoms with Crippen LogP contribution in [0.5, 0.6) is 0 Å². The van der Waals surface area contributed by atoms with E-state index in [4.69, 9.17) is 5.26 Å². The second-order valence-corrected chi connectivity index (χ2v) is 3.31. The lowest BCUT2D eigenvalue weighted by Gasteiger charge is -1.96. The van der Waals surface area contributed by atoms with E-state index in [0.717, 1.165) is 0 Å². The number of thioether (sulfide) groups is 1. The van der Waals surface area contributed by atoms with E-state index in [-0.39, 0.29) is 5.57 Å². The van der Waals surface area contributed by atoms with Gasteiger partial charge in [-0.05, 0) is 12.1 Å². The third-order valence-corrected chi connectivity index (χ3v) is 2.30. The number of rotatable bonds is 3. The summed E-state index contributed by atoms with van der Waals surface area (Å²) in [7, 11) is 1.24. The Balaban J connectivity index is 2.72. The molecule has 76 valence electrons. The molecule has 0 aliphatic rings. The number of esters is 1. The molecule has 0 N–H and O–H groups in total. The van der Waals surface area contributed by atoms with Gasteiger partial charge in [0.15, 0.2) is 0 Å². The van der Waals surface area contributed by atoms with Gasteiger partial charge in [-0.3, -0.25) is 0 Å². The highest BCUT2D eigenvalue weighted by molar-refractivity contribution is 8.02. The van der Waals surface area contributed by atoms with E-state index in [2.05, 4.69) is 9.72 Å². The Labute approximate surface area is 91.6 Å². The number of hydrogen-bond acceptors (Lipinski definition) is 5. The Morgan fingerprint density at radius 2 is 2.47 bits per heavy atom. The first-order valence-corrected chi connectivity index (χ1v) is 4.92. The molecule has 0 radical (unpaired) electrons. The molecule has 0 bridgehead atoms. The minimum Gasteiger partial charge on any atom is -0.465 e. The normalized spacial score (nSPS) is 10.5. The molecule has 1 heterocycles. The van der Waals surface area contributed by atoms with Gasteiger partial charge in [-0.2, -0.15) is 5.26 Å². The van der Waals surface area contributed by atoms with Crippen molar-refractivity contribution < 1.29 is 9.53 Å². The summed E-state index contributed by atoms with van der Waals surface area (Å²) in [5.74, 6) is -0.638. The molecule has 15 heavy (non-hydrogen) atoms. The van der Waals surface area contributed by atoms with Crippen molar-refractivity contribution in [3.8, 4) is 6.07 Å². The molecule has 0 spiro atoms. The van der Waals surface area contributed by atoms with Crippen LogP contribution in [0.2, 0.25) is 0 Å². The van der Waals surface area contributed by atoms with Gasteiger partial charge in [0.25, 0.3) is 0 Å². The van der Waals surface area contributed by atoms with Crippen molar-refractivity contribution in [1.29, 1.82) is 5.26 Å². The third-order valence-electron chi connectivity index (χ3n) is 1.46. The fraction of sp³-hybridized carbons (Fsp3) is 0.100. The summed E-state index contributed by atoms with van der Waals surface area (Å²) in [6.45, 7) is 0. The van der Waals surface area contributed by atoms with Crippen molar-refractivity contribution in [1.82, 2.24) is 4.98 Å². The van der Waals surface area contributed by atoms with Crippen molar-refractivity contribution in [2.24, 2.45) is 0 Å². The van der Waals surface area contributed by atoms with E-state index in [1.807, 2.05) is 6.07 Å². The molecule has 4 nitrogen and oxygen atoms in total. The molecular weight excluding hydrogens is 212 g/mol. The smallest absolute Gasteiger partial charge is 0.349 e. The van der Waals surface area contributed by atoms with Crippen LogP contribution in [0.15, 0.2) is 40.4 Å². The fourth-order valence-corrected chi connectivity index (χ4v) is 1.43. The second kappa shape index (κ2) is 5.83. The van der Waals surface area contributed by atoms with Crippen LogP contribution in [0.1, 0.15) is 0 Å². The summed E-state index contributed by atoms with van der Waals surface area (Å²) in [5, 5.41) is 10.8. The monoisotopic (exact) mass is 220 g/mol. The zero-order chi connectivity index (χ0) is 11.1. The first-order chi connectivity index (χ1) is 7.27. The maximum Gasteiger partial charge on any atom is 0.349 e. The summed E-state index contributed by atoms with van der Waals surface area (Å²) >= 11 is 1.20. The van der Waals surface area contributed by atoms with Crippen LogP contribution in [0.4, 0.5) is 0 Å². The average molecular weight is 220 g/mol.